The Morgan fingerprint density at radius 2 is 1.24 bits per heavy atom. The molecule has 0 fully saturated rings. The van der Waals surface area contributed by atoms with Gasteiger partial charge in [-0.05, 0) is 47.2 Å². The molecule has 2 aromatic carbocycles. The molecule has 0 saturated heterocycles. The number of aromatic nitrogens is 4. The summed E-state index contributed by atoms with van der Waals surface area (Å²) in [6.07, 6.45) is 4.21. The third-order valence-corrected chi connectivity index (χ3v) is 7.95. The van der Waals surface area contributed by atoms with Crippen molar-refractivity contribution in [1.29, 1.82) is 0 Å². The average Bonchev–Trinajstić information content (AvgIpc) is 3.57. The first-order chi connectivity index (χ1) is 16.4. The first-order valence-corrected chi connectivity index (χ1v) is 13.0. The molecule has 4 aromatic heterocycles. The van der Waals surface area contributed by atoms with Gasteiger partial charge in [0.1, 0.15) is 0 Å². The van der Waals surface area contributed by atoms with Gasteiger partial charge < -0.3 is 10.2 Å². The molecule has 4 heterocycles. The van der Waals surface area contributed by atoms with Gasteiger partial charge in [-0.25, -0.2) is 9.97 Å². The van der Waals surface area contributed by atoms with Crippen LogP contribution in [0.15, 0.2) is 48.8 Å². The van der Waals surface area contributed by atoms with E-state index in [0.717, 1.165) is 38.0 Å². The zero-order valence-corrected chi connectivity index (χ0v) is 21.3. The molecule has 0 spiro atoms. The number of aliphatic hydroxyl groups is 2. The summed E-state index contributed by atoms with van der Waals surface area (Å²) in [7, 11) is 0. The number of rotatable bonds is 4. The molecule has 0 atom stereocenters. The van der Waals surface area contributed by atoms with Crippen LogP contribution in [0.4, 0.5) is 0 Å². The van der Waals surface area contributed by atoms with Crippen molar-refractivity contribution in [1.82, 2.24) is 18.8 Å². The van der Waals surface area contributed by atoms with Crippen molar-refractivity contribution in [3.63, 3.8) is 0 Å². The number of hydrogen-bond acceptors (Lipinski definition) is 6. The minimum Gasteiger partial charge on any atom is -0.392 e. The molecular formula is C26H28N4O2S2. The molecule has 176 valence electrons. The summed E-state index contributed by atoms with van der Waals surface area (Å²) in [5, 5.41) is 18.3. The fraction of sp³-hybridized carbons (Fsp3) is 0.308. The van der Waals surface area contributed by atoms with Gasteiger partial charge in [-0.3, -0.25) is 8.80 Å². The van der Waals surface area contributed by atoms with Crippen LogP contribution >= 0.6 is 22.7 Å². The van der Waals surface area contributed by atoms with Crippen molar-refractivity contribution in [2.24, 2.45) is 0 Å². The number of thiazole rings is 2. The Balaban J connectivity index is 0.000000142. The van der Waals surface area contributed by atoms with Crippen molar-refractivity contribution in [3.8, 4) is 0 Å². The number of nitrogens with zero attached hydrogens (tertiary/aromatic N) is 4. The molecule has 0 amide bonds. The highest BCUT2D eigenvalue weighted by atomic mass is 32.1. The predicted molar refractivity (Wildman–Crippen MR) is 141 cm³/mol. The number of imidazole rings is 2. The molecule has 0 unspecified atom stereocenters. The van der Waals surface area contributed by atoms with E-state index in [-0.39, 0.29) is 13.2 Å². The Bertz CT molecular complexity index is 1600. The van der Waals surface area contributed by atoms with Crippen molar-refractivity contribution in [3.05, 3.63) is 71.3 Å². The minimum absolute atomic E-state index is 0.0824. The molecular weight excluding hydrogens is 464 g/mol. The maximum atomic E-state index is 9.18. The van der Waals surface area contributed by atoms with E-state index in [2.05, 4.69) is 71.0 Å². The molecule has 6 nitrogen and oxygen atoms in total. The van der Waals surface area contributed by atoms with E-state index in [1.165, 1.54) is 14.9 Å². The Morgan fingerprint density at radius 3 is 1.82 bits per heavy atom. The van der Waals surface area contributed by atoms with E-state index in [1.807, 2.05) is 24.3 Å². The first-order valence-electron chi connectivity index (χ1n) is 11.4. The number of hydrogen-bond donors (Lipinski definition) is 2. The molecule has 34 heavy (non-hydrogen) atoms. The lowest BCUT2D eigenvalue weighted by atomic mass is 10.2. The Labute approximate surface area is 205 Å². The Morgan fingerprint density at radius 1 is 0.706 bits per heavy atom. The third-order valence-electron chi connectivity index (χ3n) is 5.90. The van der Waals surface area contributed by atoms with Gasteiger partial charge >= 0.3 is 0 Å². The van der Waals surface area contributed by atoms with E-state index < -0.39 is 0 Å². The van der Waals surface area contributed by atoms with Crippen LogP contribution in [0.1, 0.15) is 62.0 Å². The molecule has 0 aliphatic carbocycles. The highest BCUT2D eigenvalue weighted by Gasteiger charge is 2.12. The lowest BCUT2D eigenvalue weighted by Gasteiger charge is -1.98. The molecule has 6 aromatic rings. The van der Waals surface area contributed by atoms with E-state index in [4.69, 9.17) is 5.11 Å². The average molecular weight is 493 g/mol. The maximum absolute atomic E-state index is 9.18. The summed E-state index contributed by atoms with van der Waals surface area (Å²) in [6, 6.07) is 12.1. The van der Waals surface area contributed by atoms with E-state index >= 15 is 0 Å². The standard InChI is InChI=1S/2C13H14N2OS/c1-8(2)10-6-15-11-5-9(7-16)3-4-12(11)17-13(15)14-10;1-8(2)10-6-15-11-4-3-9(7-16)5-12(11)17-13(15)14-10/h2*3-6,8,16H,7H2,1-2H3. The fourth-order valence-corrected chi connectivity index (χ4v) is 5.95. The van der Waals surface area contributed by atoms with Gasteiger partial charge in [-0.1, -0.05) is 62.5 Å². The summed E-state index contributed by atoms with van der Waals surface area (Å²) in [5.74, 6) is 0.895. The van der Waals surface area contributed by atoms with Gasteiger partial charge in [0.15, 0.2) is 9.92 Å². The summed E-state index contributed by atoms with van der Waals surface area (Å²) < 4.78 is 6.64. The van der Waals surface area contributed by atoms with Gasteiger partial charge in [0.25, 0.3) is 0 Å². The smallest absolute Gasteiger partial charge is 0.194 e. The Kier molecular flexibility index (Phi) is 6.16. The first kappa shape index (κ1) is 23.0. The normalized spacial score (nSPS) is 12.0. The molecule has 2 N–H and O–H groups in total. The summed E-state index contributed by atoms with van der Waals surface area (Å²) in [5.41, 5.74) is 6.44. The van der Waals surface area contributed by atoms with E-state index in [0.29, 0.717) is 11.8 Å². The van der Waals surface area contributed by atoms with Crippen molar-refractivity contribution < 1.29 is 10.2 Å². The zero-order chi connectivity index (χ0) is 24.0. The van der Waals surface area contributed by atoms with Gasteiger partial charge in [-0.2, -0.15) is 0 Å². The van der Waals surface area contributed by atoms with E-state index in [9.17, 15) is 5.11 Å². The lowest BCUT2D eigenvalue weighted by molar-refractivity contribution is 0.282. The van der Waals surface area contributed by atoms with Crippen LogP contribution in [0.3, 0.4) is 0 Å². The van der Waals surface area contributed by atoms with Gasteiger partial charge in [0.05, 0.1) is 45.0 Å². The number of fused-ring (bicyclic) bond motifs is 6. The molecule has 8 heteroatoms. The van der Waals surface area contributed by atoms with Crippen LogP contribution in [0.5, 0.6) is 0 Å². The van der Waals surface area contributed by atoms with Crippen LogP contribution in [-0.4, -0.2) is 29.0 Å². The summed E-state index contributed by atoms with van der Waals surface area (Å²) in [4.78, 5) is 11.3. The minimum atomic E-state index is 0.0824. The van der Waals surface area contributed by atoms with Crippen molar-refractivity contribution >= 4 is 53.0 Å². The second kappa shape index (κ2) is 9.11. The Hall–Kier alpha value is -2.78. The summed E-state index contributed by atoms with van der Waals surface area (Å²) in [6.45, 7) is 8.77. The van der Waals surface area contributed by atoms with Crippen LogP contribution < -0.4 is 0 Å². The maximum Gasteiger partial charge on any atom is 0.194 e. The van der Waals surface area contributed by atoms with Crippen LogP contribution in [0.25, 0.3) is 30.4 Å². The molecule has 0 aliphatic rings. The lowest BCUT2D eigenvalue weighted by Crippen LogP contribution is -1.86. The molecule has 6 rings (SSSR count). The SMILES string of the molecule is CC(C)c1cn2c(n1)sc1cc(CO)ccc12.CC(C)c1cn2c(n1)sc1ccc(CO)cc12. The van der Waals surface area contributed by atoms with Gasteiger partial charge in [-0.15, -0.1) is 0 Å². The largest absolute Gasteiger partial charge is 0.392 e. The summed E-state index contributed by atoms with van der Waals surface area (Å²) >= 11 is 3.36. The number of benzene rings is 2. The second-order valence-corrected chi connectivity index (χ2v) is 11.1. The number of aliphatic hydroxyl groups excluding tert-OH is 2. The van der Waals surface area contributed by atoms with Crippen molar-refractivity contribution in [2.45, 2.75) is 52.7 Å². The molecule has 0 saturated carbocycles. The predicted octanol–water partition coefficient (Wildman–Crippen LogP) is 6.33. The molecule has 0 radical (unpaired) electrons. The highest BCUT2D eigenvalue weighted by Crippen LogP contribution is 2.30. The quantitative estimate of drug-likeness (QED) is 0.302. The van der Waals surface area contributed by atoms with Crippen LogP contribution in [0, 0.1) is 0 Å². The van der Waals surface area contributed by atoms with Gasteiger partial charge in [0.2, 0.25) is 0 Å². The van der Waals surface area contributed by atoms with Crippen LogP contribution in [0.2, 0.25) is 0 Å². The highest BCUT2D eigenvalue weighted by molar-refractivity contribution is 7.23. The molecule has 0 bridgehead atoms. The second-order valence-electron chi connectivity index (χ2n) is 9.07. The molecule has 0 aliphatic heterocycles. The zero-order valence-electron chi connectivity index (χ0n) is 19.7. The monoisotopic (exact) mass is 492 g/mol. The van der Waals surface area contributed by atoms with Crippen molar-refractivity contribution in [2.75, 3.05) is 0 Å². The van der Waals surface area contributed by atoms with Crippen LogP contribution in [-0.2, 0) is 13.2 Å². The van der Waals surface area contributed by atoms with Gasteiger partial charge in [0, 0.05) is 12.4 Å². The topological polar surface area (TPSA) is 75.1 Å². The fourth-order valence-electron chi connectivity index (χ4n) is 3.88. The third kappa shape index (κ3) is 4.11. The van der Waals surface area contributed by atoms with E-state index in [1.54, 1.807) is 22.7 Å².